The van der Waals surface area contributed by atoms with E-state index in [0.717, 1.165) is 49.1 Å². The first-order valence-corrected chi connectivity index (χ1v) is 9.50. The Kier molecular flexibility index (Phi) is 5.90. The maximum Gasteiger partial charge on any atom is 0.226 e. The number of carbonyl (C=O) groups is 1. The molecule has 0 atom stereocenters. The van der Waals surface area contributed by atoms with Crippen LogP contribution in [0.2, 0.25) is 0 Å². The highest BCUT2D eigenvalue weighted by molar-refractivity contribution is 5.76. The first kappa shape index (κ1) is 17.7. The van der Waals surface area contributed by atoms with E-state index in [2.05, 4.69) is 41.5 Å². The van der Waals surface area contributed by atoms with E-state index in [-0.39, 0.29) is 5.91 Å². The Hall–Kier alpha value is -2.10. The van der Waals surface area contributed by atoms with Crippen LogP contribution in [-0.2, 0) is 17.6 Å². The molecule has 0 spiro atoms. The number of nitrogens with one attached hydrogen (secondary N) is 1. The largest absolute Gasteiger partial charge is 0.441 e. The summed E-state index contributed by atoms with van der Waals surface area (Å²) in [5.74, 6) is 1.69. The first-order chi connectivity index (χ1) is 12.2. The summed E-state index contributed by atoms with van der Waals surface area (Å²) >= 11 is 0. The fourth-order valence-corrected chi connectivity index (χ4v) is 3.45. The normalized spacial score (nSPS) is 14.8. The highest BCUT2D eigenvalue weighted by Gasteiger charge is 2.17. The SMILES string of the molecule is CCc1ccc(-c2nc(CCCC(=O)NC3CCCC3)c(C)o2)cc1. The van der Waals surface area contributed by atoms with Crippen molar-refractivity contribution < 1.29 is 9.21 Å². The summed E-state index contributed by atoms with van der Waals surface area (Å²) in [6.07, 6.45) is 7.92. The van der Waals surface area contributed by atoms with Gasteiger partial charge in [0.1, 0.15) is 5.76 Å². The molecule has 1 aliphatic rings. The van der Waals surface area contributed by atoms with Gasteiger partial charge in [0.25, 0.3) is 0 Å². The average molecular weight is 340 g/mol. The fourth-order valence-electron chi connectivity index (χ4n) is 3.45. The van der Waals surface area contributed by atoms with E-state index in [1.54, 1.807) is 0 Å². The molecule has 1 N–H and O–H groups in total. The summed E-state index contributed by atoms with van der Waals surface area (Å²) in [6.45, 7) is 4.09. The molecule has 4 nitrogen and oxygen atoms in total. The van der Waals surface area contributed by atoms with Gasteiger partial charge in [-0.3, -0.25) is 4.79 Å². The van der Waals surface area contributed by atoms with Crippen LogP contribution in [0.25, 0.3) is 11.5 Å². The fraction of sp³-hybridized carbons (Fsp3) is 0.524. The molecule has 1 aromatic carbocycles. The summed E-state index contributed by atoms with van der Waals surface area (Å²) < 4.78 is 5.83. The third kappa shape index (κ3) is 4.71. The van der Waals surface area contributed by atoms with Crippen LogP contribution in [0.4, 0.5) is 0 Å². The Labute approximate surface area is 150 Å². The lowest BCUT2D eigenvalue weighted by Gasteiger charge is -2.11. The zero-order valence-corrected chi connectivity index (χ0v) is 15.3. The quantitative estimate of drug-likeness (QED) is 0.802. The van der Waals surface area contributed by atoms with Gasteiger partial charge in [-0.05, 0) is 56.7 Å². The van der Waals surface area contributed by atoms with E-state index in [4.69, 9.17) is 4.42 Å². The second kappa shape index (κ2) is 8.32. The van der Waals surface area contributed by atoms with Crippen molar-refractivity contribution in [1.82, 2.24) is 10.3 Å². The third-order valence-corrected chi connectivity index (χ3v) is 5.04. The molecule has 0 unspecified atom stereocenters. The molecular formula is C21H28N2O2. The van der Waals surface area contributed by atoms with Gasteiger partial charge in [-0.2, -0.15) is 0 Å². The summed E-state index contributed by atoms with van der Waals surface area (Å²) in [6, 6.07) is 8.74. The molecule has 1 saturated carbocycles. The predicted octanol–water partition coefficient (Wildman–Crippen LogP) is 4.59. The van der Waals surface area contributed by atoms with Crippen molar-refractivity contribution in [2.45, 2.75) is 71.3 Å². The zero-order valence-electron chi connectivity index (χ0n) is 15.3. The van der Waals surface area contributed by atoms with Gasteiger partial charge in [-0.25, -0.2) is 4.98 Å². The van der Waals surface area contributed by atoms with Crippen LogP contribution < -0.4 is 5.32 Å². The monoisotopic (exact) mass is 340 g/mol. The smallest absolute Gasteiger partial charge is 0.226 e. The highest BCUT2D eigenvalue weighted by Crippen LogP contribution is 2.23. The van der Waals surface area contributed by atoms with Crippen molar-refractivity contribution >= 4 is 5.91 Å². The van der Waals surface area contributed by atoms with Gasteiger partial charge >= 0.3 is 0 Å². The minimum Gasteiger partial charge on any atom is -0.441 e. The Bertz CT molecular complexity index is 697. The van der Waals surface area contributed by atoms with Gasteiger partial charge in [0.15, 0.2) is 0 Å². The molecule has 0 saturated heterocycles. The van der Waals surface area contributed by atoms with E-state index >= 15 is 0 Å². The van der Waals surface area contributed by atoms with E-state index in [1.165, 1.54) is 18.4 Å². The molecule has 0 bridgehead atoms. The molecule has 1 aliphatic carbocycles. The molecule has 25 heavy (non-hydrogen) atoms. The Morgan fingerprint density at radius 1 is 1.24 bits per heavy atom. The van der Waals surface area contributed by atoms with Crippen LogP contribution in [0.5, 0.6) is 0 Å². The zero-order chi connectivity index (χ0) is 17.6. The third-order valence-electron chi connectivity index (χ3n) is 5.04. The highest BCUT2D eigenvalue weighted by atomic mass is 16.4. The molecule has 1 amide bonds. The first-order valence-electron chi connectivity index (χ1n) is 9.50. The Morgan fingerprint density at radius 3 is 2.64 bits per heavy atom. The Morgan fingerprint density at radius 2 is 1.96 bits per heavy atom. The second-order valence-corrected chi connectivity index (χ2v) is 6.97. The Balaban J connectivity index is 1.52. The topological polar surface area (TPSA) is 55.1 Å². The number of nitrogens with zero attached hydrogens (tertiary/aromatic N) is 1. The molecule has 2 aromatic rings. The van der Waals surface area contributed by atoms with Crippen molar-refractivity contribution in [1.29, 1.82) is 0 Å². The minimum atomic E-state index is 0.170. The van der Waals surface area contributed by atoms with Crippen molar-refractivity contribution in [3.05, 3.63) is 41.3 Å². The number of hydrogen-bond acceptors (Lipinski definition) is 3. The van der Waals surface area contributed by atoms with Crippen molar-refractivity contribution in [3.8, 4) is 11.5 Å². The van der Waals surface area contributed by atoms with Crippen LogP contribution in [0.15, 0.2) is 28.7 Å². The lowest BCUT2D eigenvalue weighted by atomic mass is 10.1. The lowest BCUT2D eigenvalue weighted by molar-refractivity contribution is -0.121. The van der Waals surface area contributed by atoms with Gasteiger partial charge in [0.05, 0.1) is 5.69 Å². The summed E-state index contributed by atoms with van der Waals surface area (Å²) in [5, 5.41) is 3.14. The predicted molar refractivity (Wildman–Crippen MR) is 99.4 cm³/mol. The molecule has 1 aromatic heterocycles. The van der Waals surface area contributed by atoms with Crippen molar-refractivity contribution in [2.75, 3.05) is 0 Å². The van der Waals surface area contributed by atoms with Crippen LogP contribution in [-0.4, -0.2) is 16.9 Å². The van der Waals surface area contributed by atoms with Crippen LogP contribution in [0.3, 0.4) is 0 Å². The van der Waals surface area contributed by atoms with Crippen molar-refractivity contribution in [2.24, 2.45) is 0 Å². The molecule has 0 aliphatic heterocycles. The number of aryl methyl sites for hydroxylation is 3. The minimum absolute atomic E-state index is 0.170. The molecule has 4 heteroatoms. The van der Waals surface area contributed by atoms with Crippen LogP contribution in [0.1, 0.15) is 62.5 Å². The molecule has 0 radical (unpaired) electrons. The second-order valence-electron chi connectivity index (χ2n) is 6.97. The number of carbonyl (C=O) groups excluding carboxylic acids is 1. The number of rotatable bonds is 7. The molecule has 134 valence electrons. The maximum atomic E-state index is 12.0. The van der Waals surface area contributed by atoms with Gasteiger partial charge in [-0.1, -0.05) is 31.9 Å². The number of aromatic nitrogens is 1. The van der Waals surface area contributed by atoms with E-state index in [1.807, 2.05) is 6.92 Å². The van der Waals surface area contributed by atoms with Crippen LogP contribution >= 0.6 is 0 Å². The number of oxazole rings is 1. The standard InChI is InChI=1S/C21H28N2O2/c1-3-16-11-13-17(14-12-16)21-23-19(15(2)25-21)9-6-10-20(24)22-18-7-4-5-8-18/h11-14,18H,3-10H2,1-2H3,(H,22,24). The summed E-state index contributed by atoms with van der Waals surface area (Å²) in [5.41, 5.74) is 3.27. The number of benzene rings is 1. The van der Waals surface area contributed by atoms with E-state index < -0.39 is 0 Å². The van der Waals surface area contributed by atoms with Crippen LogP contribution in [0, 0.1) is 6.92 Å². The summed E-state index contributed by atoms with van der Waals surface area (Å²) in [7, 11) is 0. The van der Waals surface area contributed by atoms with Gasteiger partial charge in [0, 0.05) is 18.0 Å². The molecule has 3 rings (SSSR count). The molecule has 1 heterocycles. The molecular weight excluding hydrogens is 312 g/mol. The number of hydrogen-bond donors (Lipinski definition) is 1. The van der Waals surface area contributed by atoms with E-state index in [0.29, 0.717) is 18.4 Å². The summed E-state index contributed by atoms with van der Waals surface area (Å²) in [4.78, 5) is 16.6. The lowest BCUT2D eigenvalue weighted by Crippen LogP contribution is -2.32. The molecule has 1 fully saturated rings. The van der Waals surface area contributed by atoms with E-state index in [9.17, 15) is 4.79 Å². The van der Waals surface area contributed by atoms with Gasteiger partial charge in [0.2, 0.25) is 11.8 Å². The van der Waals surface area contributed by atoms with Gasteiger partial charge < -0.3 is 9.73 Å². The number of amides is 1. The van der Waals surface area contributed by atoms with Crippen molar-refractivity contribution in [3.63, 3.8) is 0 Å². The maximum absolute atomic E-state index is 12.0. The van der Waals surface area contributed by atoms with Gasteiger partial charge in [-0.15, -0.1) is 0 Å². The average Bonchev–Trinajstić information content (AvgIpc) is 3.25.